The highest BCUT2D eigenvalue weighted by molar-refractivity contribution is 5.83. The second kappa shape index (κ2) is 6.32. The van der Waals surface area contributed by atoms with Crippen molar-refractivity contribution in [1.82, 2.24) is 15.8 Å². The van der Waals surface area contributed by atoms with Gasteiger partial charge in [0.05, 0.1) is 5.92 Å². The van der Waals surface area contributed by atoms with Gasteiger partial charge in [0.1, 0.15) is 0 Å². The Morgan fingerprint density at radius 2 is 1.83 bits per heavy atom. The maximum atomic E-state index is 12.7. The van der Waals surface area contributed by atoms with Crippen LogP contribution in [0.1, 0.15) is 43.2 Å². The van der Waals surface area contributed by atoms with E-state index in [1.54, 1.807) is 0 Å². The lowest BCUT2D eigenvalue weighted by atomic mass is 9.75. The number of piperidine rings is 1. The Morgan fingerprint density at radius 1 is 1.13 bits per heavy atom. The molecule has 2 aliphatic heterocycles. The molecule has 124 valence electrons. The number of fused-ring (bicyclic) bond motifs is 2. The smallest absolute Gasteiger partial charge is 0.243 e. The van der Waals surface area contributed by atoms with Crippen molar-refractivity contribution in [3.05, 3.63) is 35.4 Å². The summed E-state index contributed by atoms with van der Waals surface area (Å²) in [6, 6.07) is 9.30. The Balaban J connectivity index is 1.87. The molecule has 3 rings (SSSR count). The van der Waals surface area contributed by atoms with Gasteiger partial charge in [-0.3, -0.25) is 25.3 Å². The second-order valence-corrected chi connectivity index (χ2v) is 6.91. The fourth-order valence-corrected chi connectivity index (χ4v) is 4.21. The SMILES string of the molecule is CC(=O)NNC(=O)C1C2CC[C@H](C[C@@H]1c1ccc(C)cc1)N2C. The number of carbonyl (C=O) groups is 2. The quantitative estimate of drug-likeness (QED) is 0.817. The molecule has 0 radical (unpaired) electrons. The Hall–Kier alpha value is -1.88. The van der Waals surface area contributed by atoms with Gasteiger partial charge in [0.15, 0.2) is 0 Å². The topological polar surface area (TPSA) is 61.4 Å². The first-order chi connectivity index (χ1) is 11.0. The molecule has 0 saturated carbocycles. The van der Waals surface area contributed by atoms with E-state index in [1.807, 2.05) is 0 Å². The molecule has 2 heterocycles. The minimum absolute atomic E-state index is 0.0806. The van der Waals surface area contributed by atoms with Crippen LogP contribution in [0.2, 0.25) is 0 Å². The van der Waals surface area contributed by atoms with Crippen LogP contribution in [0.15, 0.2) is 24.3 Å². The third-order valence-corrected chi connectivity index (χ3v) is 5.44. The van der Waals surface area contributed by atoms with E-state index in [2.05, 4.69) is 54.0 Å². The molecule has 0 aliphatic carbocycles. The highest BCUT2D eigenvalue weighted by atomic mass is 16.2. The van der Waals surface area contributed by atoms with Gasteiger partial charge in [-0.25, -0.2) is 0 Å². The van der Waals surface area contributed by atoms with E-state index in [4.69, 9.17) is 0 Å². The average molecular weight is 315 g/mol. The van der Waals surface area contributed by atoms with Gasteiger partial charge in [-0.1, -0.05) is 29.8 Å². The highest BCUT2D eigenvalue weighted by Gasteiger charge is 2.49. The molecule has 2 amide bonds. The average Bonchev–Trinajstić information content (AvgIpc) is 2.76. The highest BCUT2D eigenvalue weighted by Crippen LogP contribution is 2.46. The molecular formula is C18H25N3O2. The van der Waals surface area contributed by atoms with Crippen LogP contribution < -0.4 is 10.9 Å². The van der Waals surface area contributed by atoms with Gasteiger partial charge < -0.3 is 0 Å². The summed E-state index contributed by atoms with van der Waals surface area (Å²) in [6.45, 7) is 3.47. The minimum Gasteiger partial charge on any atom is -0.300 e. The van der Waals surface area contributed by atoms with Crippen molar-refractivity contribution in [3.8, 4) is 0 Å². The summed E-state index contributed by atoms with van der Waals surface area (Å²) in [7, 11) is 2.12. The van der Waals surface area contributed by atoms with Crippen LogP contribution in [0.4, 0.5) is 0 Å². The Morgan fingerprint density at radius 3 is 2.48 bits per heavy atom. The third-order valence-electron chi connectivity index (χ3n) is 5.44. The van der Waals surface area contributed by atoms with Crippen LogP contribution in [0.5, 0.6) is 0 Å². The lowest BCUT2D eigenvalue weighted by Crippen LogP contribution is -2.54. The van der Waals surface area contributed by atoms with E-state index in [0.29, 0.717) is 6.04 Å². The molecule has 0 spiro atoms. The summed E-state index contributed by atoms with van der Waals surface area (Å²) >= 11 is 0. The van der Waals surface area contributed by atoms with E-state index in [1.165, 1.54) is 18.1 Å². The summed E-state index contributed by atoms with van der Waals surface area (Å²) < 4.78 is 0. The first-order valence-corrected chi connectivity index (χ1v) is 8.32. The summed E-state index contributed by atoms with van der Waals surface area (Å²) in [5.41, 5.74) is 7.49. The zero-order valence-electron chi connectivity index (χ0n) is 14.0. The van der Waals surface area contributed by atoms with Gasteiger partial charge in [-0.05, 0) is 44.7 Å². The van der Waals surface area contributed by atoms with E-state index in [0.717, 1.165) is 19.3 Å². The van der Waals surface area contributed by atoms with Crippen molar-refractivity contribution < 1.29 is 9.59 Å². The molecule has 0 aromatic heterocycles. The maximum absolute atomic E-state index is 12.7. The zero-order valence-corrected chi connectivity index (χ0v) is 14.0. The Bertz CT molecular complexity index is 599. The predicted molar refractivity (Wildman–Crippen MR) is 88.6 cm³/mol. The molecule has 23 heavy (non-hydrogen) atoms. The van der Waals surface area contributed by atoms with Crippen molar-refractivity contribution in [3.63, 3.8) is 0 Å². The van der Waals surface area contributed by atoms with Gasteiger partial charge in [0, 0.05) is 19.0 Å². The van der Waals surface area contributed by atoms with Crippen molar-refractivity contribution in [1.29, 1.82) is 0 Å². The van der Waals surface area contributed by atoms with Gasteiger partial charge >= 0.3 is 0 Å². The third kappa shape index (κ3) is 3.11. The first-order valence-electron chi connectivity index (χ1n) is 8.32. The molecule has 1 aromatic carbocycles. The number of nitrogens with one attached hydrogen (secondary N) is 2. The van der Waals surface area contributed by atoms with Crippen LogP contribution in [-0.2, 0) is 9.59 Å². The lowest BCUT2D eigenvalue weighted by molar-refractivity contribution is -0.133. The van der Waals surface area contributed by atoms with Crippen LogP contribution >= 0.6 is 0 Å². The molecule has 2 bridgehead atoms. The fraction of sp³-hybridized carbons (Fsp3) is 0.556. The molecular weight excluding hydrogens is 290 g/mol. The van der Waals surface area contributed by atoms with Crippen molar-refractivity contribution >= 4 is 11.8 Å². The zero-order chi connectivity index (χ0) is 16.6. The molecule has 4 atom stereocenters. The lowest BCUT2D eigenvalue weighted by Gasteiger charge is -2.42. The van der Waals surface area contributed by atoms with Gasteiger partial charge in [-0.2, -0.15) is 0 Å². The number of hydrazine groups is 1. The molecule has 2 unspecified atom stereocenters. The Kier molecular flexibility index (Phi) is 4.39. The fourth-order valence-electron chi connectivity index (χ4n) is 4.21. The van der Waals surface area contributed by atoms with Crippen molar-refractivity contribution in [2.75, 3.05) is 7.05 Å². The van der Waals surface area contributed by atoms with E-state index in [-0.39, 0.29) is 29.7 Å². The number of benzene rings is 1. The Labute approximate surface area is 137 Å². The molecule has 2 fully saturated rings. The number of carbonyl (C=O) groups excluding carboxylic acids is 2. The van der Waals surface area contributed by atoms with E-state index < -0.39 is 0 Å². The normalized spacial score (nSPS) is 30.0. The standard InChI is InChI=1S/C18H25N3O2/c1-11-4-6-13(7-5-11)15-10-14-8-9-16(21(14)3)17(15)18(23)20-19-12(2)22/h4-7,14-17H,8-10H2,1-3H3,(H,19,22)(H,20,23)/t14-,15-,16?,17?/m1/s1. The van der Waals surface area contributed by atoms with E-state index >= 15 is 0 Å². The van der Waals surface area contributed by atoms with Crippen LogP contribution in [0, 0.1) is 12.8 Å². The van der Waals surface area contributed by atoms with Crippen LogP contribution in [0.3, 0.4) is 0 Å². The molecule has 2 saturated heterocycles. The van der Waals surface area contributed by atoms with Crippen molar-refractivity contribution in [2.24, 2.45) is 5.92 Å². The summed E-state index contributed by atoms with van der Waals surface area (Å²) in [5.74, 6) is -0.256. The molecule has 1 aromatic rings. The maximum Gasteiger partial charge on any atom is 0.243 e. The van der Waals surface area contributed by atoms with Gasteiger partial charge in [0.25, 0.3) is 0 Å². The molecule has 2 aliphatic rings. The number of hydrogen-bond acceptors (Lipinski definition) is 3. The minimum atomic E-state index is -0.251. The summed E-state index contributed by atoms with van der Waals surface area (Å²) in [6.07, 6.45) is 3.18. The monoisotopic (exact) mass is 315 g/mol. The summed E-state index contributed by atoms with van der Waals surface area (Å²) in [4.78, 5) is 26.2. The van der Waals surface area contributed by atoms with Crippen LogP contribution in [-0.4, -0.2) is 35.8 Å². The number of hydrogen-bond donors (Lipinski definition) is 2. The summed E-state index contributed by atoms with van der Waals surface area (Å²) in [5, 5.41) is 0. The molecule has 5 nitrogen and oxygen atoms in total. The second-order valence-electron chi connectivity index (χ2n) is 6.91. The predicted octanol–water partition coefficient (Wildman–Crippen LogP) is 1.73. The van der Waals surface area contributed by atoms with Gasteiger partial charge in [-0.15, -0.1) is 0 Å². The largest absolute Gasteiger partial charge is 0.300 e. The van der Waals surface area contributed by atoms with Crippen LogP contribution in [0.25, 0.3) is 0 Å². The van der Waals surface area contributed by atoms with E-state index in [9.17, 15) is 9.59 Å². The first kappa shape index (κ1) is 16.0. The molecule has 5 heteroatoms. The van der Waals surface area contributed by atoms with Gasteiger partial charge in [0.2, 0.25) is 11.8 Å². The molecule has 2 N–H and O–H groups in total. The van der Waals surface area contributed by atoms with Crippen molar-refractivity contribution in [2.45, 2.75) is 51.1 Å². The number of aryl methyl sites for hydroxylation is 1. The number of amides is 2. The number of rotatable bonds is 2. The number of nitrogens with zero attached hydrogens (tertiary/aromatic N) is 1.